The van der Waals surface area contributed by atoms with Gasteiger partial charge in [-0.2, -0.15) is 0 Å². The van der Waals surface area contributed by atoms with E-state index in [0.29, 0.717) is 0 Å². The first kappa shape index (κ1) is 20.7. The van der Waals surface area contributed by atoms with E-state index in [2.05, 4.69) is 30.3 Å². The van der Waals surface area contributed by atoms with Crippen molar-refractivity contribution < 1.29 is 9.47 Å². The maximum Gasteiger partial charge on any atom is 0.134 e. The Kier molecular flexibility index (Phi) is 7.14. The van der Waals surface area contributed by atoms with Crippen LogP contribution < -0.4 is 14.8 Å². The van der Waals surface area contributed by atoms with E-state index in [1.165, 1.54) is 75.1 Å². The van der Waals surface area contributed by atoms with Gasteiger partial charge < -0.3 is 9.47 Å². The van der Waals surface area contributed by atoms with Crippen LogP contribution in [0.15, 0.2) is 42.5 Å². The number of hydrogen-bond donors (Lipinski definition) is 0. The number of ether oxygens (including phenoxy) is 2. The molecule has 2 aliphatic rings. The third-order valence-corrected chi connectivity index (χ3v) is 10.3. The molecule has 0 amide bonds. The molecular formula is C26H35O2P. The highest BCUT2D eigenvalue weighted by atomic mass is 31.1. The molecule has 0 atom stereocenters. The van der Waals surface area contributed by atoms with E-state index in [-0.39, 0.29) is 7.92 Å². The third-order valence-electron chi connectivity index (χ3n) is 6.81. The first-order chi connectivity index (χ1) is 14.3. The minimum absolute atomic E-state index is 0.205. The van der Waals surface area contributed by atoms with Gasteiger partial charge >= 0.3 is 0 Å². The van der Waals surface area contributed by atoms with Crippen LogP contribution in [-0.2, 0) is 0 Å². The Bertz CT molecular complexity index is 773. The third kappa shape index (κ3) is 4.48. The Balaban J connectivity index is 1.79. The normalized spacial score (nSPS) is 18.7. The molecule has 2 aliphatic carbocycles. The van der Waals surface area contributed by atoms with E-state index in [1.807, 2.05) is 19.2 Å². The molecule has 0 heterocycles. The van der Waals surface area contributed by atoms with Gasteiger partial charge in [0, 0.05) is 16.4 Å². The van der Waals surface area contributed by atoms with Gasteiger partial charge in [0.05, 0.1) is 14.2 Å². The van der Waals surface area contributed by atoms with Crippen LogP contribution in [0.3, 0.4) is 0 Å². The molecule has 0 unspecified atom stereocenters. The summed E-state index contributed by atoms with van der Waals surface area (Å²) in [5, 5.41) is 1.50. The zero-order valence-electron chi connectivity index (χ0n) is 18.0. The number of para-hydroxylation sites is 2. The quantitative estimate of drug-likeness (QED) is 0.471. The average molecular weight is 411 g/mol. The summed E-state index contributed by atoms with van der Waals surface area (Å²) in [6, 6.07) is 15.2. The second-order valence-corrected chi connectivity index (χ2v) is 11.3. The molecule has 2 nitrogen and oxygen atoms in total. The van der Waals surface area contributed by atoms with Crippen molar-refractivity contribution in [3.63, 3.8) is 0 Å². The minimum atomic E-state index is -0.205. The van der Waals surface area contributed by atoms with Crippen molar-refractivity contribution in [2.24, 2.45) is 0 Å². The fourth-order valence-electron chi connectivity index (χ4n) is 5.43. The Labute approximate surface area is 177 Å². The first-order valence-electron chi connectivity index (χ1n) is 11.4. The Hall–Kier alpha value is -1.53. The maximum absolute atomic E-state index is 6.15. The lowest BCUT2D eigenvalue weighted by Gasteiger charge is -2.39. The predicted octanol–water partition coefficient (Wildman–Crippen LogP) is 7.14. The highest BCUT2D eigenvalue weighted by Gasteiger charge is 2.34. The molecule has 0 spiro atoms. The molecule has 3 heteroatoms. The van der Waals surface area contributed by atoms with Crippen molar-refractivity contribution >= 4 is 13.2 Å². The summed E-state index contributed by atoms with van der Waals surface area (Å²) in [6.45, 7) is 0. The van der Waals surface area contributed by atoms with Gasteiger partial charge in [0.1, 0.15) is 11.5 Å². The standard InChI is InChI=1S/C26H35O2P/c1-27-24-18-10-9-16-22(24)23-17-11-19-25(26(23)28-2)29(20-12-5-3-6-13-20)21-14-7-4-8-15-21/h9-11,16-21H,3-8,12-15H2,1-2H3. The summed E-state index contributed by atoms with van der Waals surface area (Å²) in [5.41, 5.74) is 4.05. The Morgan fingerprint density at radius 1 is 0.655 bits per heavy atom. The van der Waals surface area contributed by atoms with Gasteiger partial charge in [-0.25, -0.2) is 0 Å². The van der Waals surface area contributed by atoms with Crippen LogP contribution in [0.2, 0.25) is 0 Å². The van der Waals surface area contributed by atoms with Gasteiger partial charge in [0.15, 0.2) is 0 Å². The van der Waals surface area contributed by atoms with E-state index >= 15 is 0 Å². The molecule has 29 heavy (non-hydrogen) atoms. The highest BCUT2D eigenvalue weighted by molar-refractivity contribution is 7.67. The lowest BCUT2D eigenvalue weighted by atomic mass is 9.99. The zero-order valence-corrected chi connectivity index (χ0v) is 18.9. The SMILES string of the molecule is COc1ccccc1-c1cccc(P(C2CCCCC2)C2CCCCC2)c1OC. The summed E-state index contributed by atoms with van der Waals surface area (Å²) in [7, 11) is 3.41. The van der Waals surface area contributed by atoms with Crippen molar-refractivity contribution in [3.8, 4) is 22.6 Å². The molecule has 4 rings (SSSR count). The van der Waals surface area contributed by atoms with Crippen molar-refractivity contribution in [3.05, 3.63) is 42.5 Å². The second-order valence-electron chi connectivity index (χ2n) is 8.55. The molecule has 2 aromatic carbocycles. The van der Waals surface area contributed by atoms with E-state index in [4.69, 9.17) is 9.47 Å². The summed E-state index contributed by atoms with van der Waals surface area (Å²) < 4.78 is 11.8. The number of hydrogen-bond acceptors (Lipinski definition) is 2. The Morgan fingerprint density at radius 2 is 1.24 bits per heavy atom. The Morgan fingerprint density at radius 3 is 1.83 bits per heavy atom. The van der Waals surface area contributed by atoms with Gasteiger partial charge in [0.2, 0.25) is 0 Å². The van der Waals surface area contributed by atoms with Crippen LogP contribution in [0.1, 0.15) is 64.2 Å². The van der Waals surface area contributed by atoms with E-state index in [9.17, 15) is 0 Å². The summed E-state index contributed by atoms with van der Waals surface area (Å²) in [5.74, 6) is 2.02. The van der Waals surface area contributed by atoms with Crippen LogP contribution in [0, 0.1) is 0 Å². The molecule has 156 valence electrons. The molecule has 2 fully saturated rings. The number of methoxy groups -OCH3 is 2. The van der Waals surface area contributed by atoms with E-state index in [0.717, 1.165) is 28.4 Å². The van der Waals surface area contributed by atoms with Crippen LogP contribution in [0.4, 0.5) is 0 Å². The van der Waals surface area contributed by atoms with Crippen LogP contribution in [-0.4, -0.2) is 25.5 Å². The van der Waals surface area contributed by atoms with Crippen molar-refractivity contribution in [1.82, 2.24) is 0 Å². The molecule has 0 aromatic heterocycles. The van der Waals surface area contributed by atoms with Crippen LogP contribution in [0.25, 0.3) is 11.1 Å². The predicted molar refractivity (Wildman–Crippen MR) is 125 cm³/mol. The molecule has 0 bridgehead atoms. The monoisotopic (exact) mass is 410 g/mol. The summed E-state index contributed by atoms with van der Waals surface area (Å²) >= 11 is 0. The fourth-order valence-corrected chi connectivity index (χ4v) is 9.36. The molecule has 0 saturated heterocycles. The molecule has 0 N–H and O–H groups in total. The molecule has 0 radical (unpaired) electrons. The van der Waals surface area contributed by atoms with Gasteiger partial charge in [0.25, 0.3) is 0 Å². The topological polar surface area (TPSA) is 18.5 Å². The lowest BCUT2D eigenvalue weighted by Crippen LogP contribution is -2.27. The molecule has 2 aromatic rings. The summed E-state index contributed by atoms with van der Waals surface area (Å²) in [6.07, 6.45) is 14.1. The smallest absolute Gasteiger partial charge is 0.134 e. The second kappa shape index (κ2) is 9.98. The largest absolute Gasteiger partial charge is 0.496 e. The molecule has 2 saturated carbocycles. The first-order valence-corrected chi connectivity index (χ1v) is 12.9. The number of rotatable bonds is 6. The van der Waals surface area contributed by atoms with E-state index in [1.54, 1.807) is 7.11 Å². The van der Waals surface area contributed by atoms with Crippen LogP contribution in [0.5, 0.6) is 11.5 Å². The average Bonchev–Trinajstić information content (AvgIpc) is 2.80. The van der Waals surface area contributed by atoms with Crippen LogP contribution >= 0.6 is 7.92 Å². The van der Waals surface area contributed by atoms with Gasteiger partial charge in [-0.3, -0.25) is 0 Å². The van der Waals surface area contributed by atoms with Crippen molar-refractivity contribution in [1.29, 1.82) is 0 Å². The lowest BCUT2D eigenvalue weighted by molar-refractivity contribution is 0.411. The van der Waals surface area contributed by atoms with Gasteiger partial charge in [-0.1, -0.05) is 82.8 Å². The fraction of sp³-hybridized carbons (Fsp3) is 0.538. The maximum atomic E-state index is 6.15. The van der Waals surface area contributed by atoms with E-state index < -0.39 is 0 Å². The van der Waals surface area contributed by atoms with Crippen molar-refractivity contribution in [2.45, 2.75) is 75.5 Å². The highest BCUT2D eigenvalue weighted by Crippen LogP contribution is 2.57. The zero-order chi connectivity index (χ0) is 20.1. The molecule has 0 aliphatic heterocycles. The number of benzene rings is 2. The minimum Gasteiger partial charge on any atom is -0.496 e. The van der Waals surface area contributed by atoms with Gasteiger partial charge in [-0.15, -0.1) is 0 Å². The summed E-state index contributed by atoms with van der Waals surface area (Å²) in [4.78, 5) is 0. The molecular weight excluding hydrogens is 375 g/mol. The van der Waals surface area contributed by atoms with Gasteiger partial charge in [-0.05, 0) is 43.1 Å². The van der Waals surface area contributed by atoms with Crippen molar-refractivity contribution in [2.75, 3.05) is 14.2 Å².